The van der Waals surface area contributed by atoms with Crippen LogP contribution in [0.25, 0.3) is 0 Å². The lowest BCUT2D eigenvalue weighted by Gasteiger charge is -2.27. The van der Waals surface area contributed by atoms with E-state index in [1.807, 2.05) is 0 Å². The molecule has 1 aliphatic rings. The number of carbonyl (C=O) groups excluding carboxylic acids is 4. The molecule has 2 heterocycles. The molecular weight excluding hydrogens is 428 g/mol. The van der Waals surface area contributed by atoms with Gasteiger partial charge in [-0.15, -0.1) is 0 Å². The summed E-state index contributed by atoms with van der Waals surface area (Å²) < 4.78 is 6.81. The summed E-state index contributed by atoms with van der Waals surface area (Å²) in [6.07, 6.45) is 1.93. The highest BCUT2D eigenvalue weighted by Crippen LogP contribution is 2.23. The van der Waals surface area contributed by atoms with E-state index in [1.165, 1.54) is 24.0 Å². The fourth-order valence-electron chi connectivity index (χ4n) is 3.85. The van der Waals surface area contributed by atoms with Crippen molar-refractivity contribution in [2.24, 2.45) is 12.8 Å². The van der Waals surface area contributed by atoms with Crippen LogP contribution in [-0.4, -0.2) is 77.5 Å². The van der Waals surface area contributed by atoms with E-state index in [1.54, 1.807) is 54.2 Å². The maximum Gasteiger partial charge on any atom is 0.319 e. The molecule has 0 bridgehead atoms. The lowest BCUT2D eigenvalue weighted by Crippen LogP contribution is -2.48. The Morgan fingerprint density at radius 1 is 1.21 bits per heavy atom. The summed E-state index contributed by atoms with van der Waals surface area (Å²) in [5, 5.41) is 5.54. The van der Waals surface area contributed by atoms with Crippen molar-refractivity contribution in [1.29, 1.82) is 0 Å². The van der Waals surface area contributed by atoms with E-state index < -0.39 is 29.9 Å². The number of benzene rings is 1. The van der Waals surface area contributed by atoms with Gasteiger partial charge in [-0.05, 0) is 30.7 Å². The summed E-state index contributed by atoms with van der Waals surface area (Å²) in [5.41, 5.74) is 6.16. The third-order valence-electron chi connectivity index (χ3n) is 5.44. The van der Waals surface area contributed by atoms with Gasteiger partial charge in [0.1, 0.15) is 17.5 Å². The molecule has 2 aromatic rings. The zero-order chi connectivity index (χ0) is 24.1. The molecule has 1 aliphatic heterocycles. The quantitative estimate of drug-likeness (QED) is 0.553. The van der Waals surface area contributed by atoms with E-state index in [-0.39, 0.29) is 25.4 Å². The highest BCUT2D eigenvalue weighted by Gasteiger charge is 2.42. The van der Waals surface area contributed by atoms with Gasteiger partial charge in [-0.25, -0.2) is 4.79 Å². The molecule has 5 amide bonds. The number of hydrogen-bond donors (Lipinski definition) is 3. The number of primary amides is 1. The SMILES string of the molecule is COc1cccc(NC(=O)N[C@H]2C[C@@H](C(=O)N(C)CC(N)=O)N(C(=O)c3cccn3C)C2)c1. The number of aromatic nitrogens is 1. The molecule has 176 valence electrons. The highest BCUT2D eigenvalue weighted by molar-refractivity contribution is 5.98. The van der Waals surface area contributed by atoms with Gasteiger partial charge in [-0.2, -0.15) is 0 Å². The van der Waals surface area contributed by atoms with Crippen LogP contribution in [0.15, 0.2) is 42.6 Å². The molecular formula is C22H28N6O5. The highest BCUT2D eigenvalue weighted by atomic mass is 16.5. The summed E-state index contributed by atoms with van der Waals surface area (Å²) in [6, 6.07) is 8.48. The van der Waals surface area contributed by atoms with E-state index in [0.717, 1.165) is 0 Å². The molecule has 33 heavy (non-hydrogen) atoms. The van der Waals surface area contributed by atoms with Gasteiger partial charge < -0.3 is 35.5 Å². The van der Waals surface area contributed by atoms with Crippen LogP contribution in [-0.2, 0) is 16.6 Å². The number of nitrogens with two attached hydrogens (primary N) is 1. The Morgan fingerprint density at radius 3 is 2.61 bits per heavy atom. The molecule has 11 nitrogen and oxygen atoms in total. The molecule has 1 saturated heterocycles. The third-order valence-corrected chi connectivity index (χ3v) is 5.44. The van der Waals surface area contributed by atoms with Gasteiger partial charge in [0.25, 0.3) is 5.91 Å². The summed E-state index contributed by atoms with van der Waals surface area (Å²) >= 11 is 0. The Kier molecular flexibility index (Phi) is 7.21. The number of nitrogens with one attached hydrogen (secondary N) is 2. The minimum atomic E-state index is -0.848. The first-order valence-corrected chi connectivity index (χ1v) is 10.4. The monoisotopic (exact) mass is 456 g/mol. The number of ether oxygens (including phenoxy) is 1. The summed E-state index contributed by atoms with van der Waals surface area (Å²) in [6.45, 7) is -0.133. The van der Waals surface area contributed by atoms with Crippen molar-refractivity contribution in [1.82, 2.24) is 19.7 Å². The second kappa shape index (κ2) is 10.1. The first-order chi connectivity index (χ1) is 15.7. The van der Waals surface area contributed by atoms with Crippen molar-refractivity contribution >= 4 is 29.4 Å². The molecule has 1 aromatic heterocycles. The molecule has 2 atom stereocenters. The molecule has 4 N–H and O–H groups in total. The van der Waals surface area contributed by atoms with E-state index in [0.29, 0.717) is 17.1 Å². The van der Waals surface area contributed by atoms with Crippen LogP contribution < -0.4 is 21.1 Å². The van der Waals surface area contributed by atoms with E-state index >= 15 is 0 Å². The number of aryl methyl sites for hydroxylation is 1. The Labute approximate surface area is 191 Å². The van der Waals surface area contributed by atoms with Crippen molar-refractivity contribution < 1.29 is 23.9 Å². The molecule has 1 aromatic carbocycles. The van der Waals surface area contributed by atoms with Crippen LogP contribution >= 0.6 is 0 Å². The Hall–Kier alpha value is -4.02. The fourth-order valence-corrected chi connectivity index (χ4v) is 3.85. The average Bonchev–Trinajstić information content (AvgIpc) is 3.38. The van der Waals surface area contributed by atoms with Gasteiger partial charge in [0.15, 0.2) is 0 Å². The van der Waals surface area contributed by atoms with Crippen LogP contribution in [0.1, 0.15) is 16.9 Å². The maximum atomic E-state index is 13.2. The number of amides is 5. The van der Waals surface area contributed by atoms with Crippen LogP contribution in [0.3, 0.4) is 0 Å². The first-order valence-electron chi connectivity index (χ1n) is 10.4. The van der Waals surface area contributed by atoms with Crippen LogP contribution in [0.4, 0.5) is 10.5 Å². The first kappa shape index (κ1) is 23.6. The molecule has 0 radical (unpaired) electrons. The minimum Gasteiger partial charge on any atom is -0.497 e. The Balaban J connectivity index is 1.74. The van der Waals surface area contributed by atoms with E-state index in [2.05, 4.69) is 10.6 Å². The number of rotatable bonds is 7. The molecule has 0 saturated carbocycles. The normalized spacial score (nSPS) is 17.4. The average molecular weight is 457 g/mol. The lowest BCUT2D eigenvalue weighted by atomic mass is 10.1. The van der Waals surface area contributed by atoms with Crippen molar-refractivity contribution in [2.75, 3.05) is 32.6 Å². The fraction of sp³-hybridized carbons (Fsp3) is 0.364. The number of likely N-dealkylation sites (tertiary alicyclic amines) is 1. The number of urea groups is 1. The van der Waals surface area contributed by atoms with Crippen molar-refractivity contribution in [3.8, 4) is 5.75 Å². The van der Waals surface area contributed by atoms with Gasteiger partial charge in [0.2, 0.25) is 11.8 Å². The summed E-state index contributed by atoms with van der Waals surface area (Å²) in [7, 11) is 4.72. The minimum absolute atomic E-state index is 0.135. The van der Waals surface area contributed by atoms with Gasteiger partial charge in [0.05, 0.1) is 19.7 Å². The number of hydrogen-bond acceptors (Lipinski definition) is 5. The molecule has 0 spiro atoms. The van der Waals surface area contributed by atoms with Crippen molar-refractivity contribution in [2.45, 2.75) is 18.5 Å². The Morgan fingerprint density at radius 2 is 1.97 bits per heavy atom. The molecule has 0 unspecified atom stereocenters. The third kappa shape index (κ3) is 5.62. The topological polar surface area (TPSA) is 139 Å². The van der Waals surface area contributed by atoms with E-state index in [9.17, 15) is 19.2 Å². The van der Waals surface area contributed by atoms with Crippen LogP contribution in [0, 0.1) is 0 Å². The van der Waals surface area contributed by atoms with Gasteiger partial charge in [0, 0.05) is 38.6 Å². The smallest absolute Gasteiger partial charge is 0.319 e. The van der Waals surface area contributed by atoms with Crippen LogP contribution in [0.5, 0.6) is 5.75 Å². The predicted octanol–water partition coefficient (Wildman–Crippen LogP) is 0.382. The largest absolute Gasteiger partial charge is 0.497 e. The lowest BCUT2D eigenvalue weighted by molar-refractivity contribution is -0.137. The van der Waals surface area contributed by atoms with Gasteiger partial charge in [-0.1, -0.05) is 6.07 Å². The predicted molar refractivity (Wildman–Crippen MR) is 121 cm³/mol. The van der Waals surface area contributed by atoms with Crippen molar-refractivity contribution in [3.05, 3.63) is 48.3 Å². The van der Waals surface area contributed by atoms with E-state index in [4.69, 9.17) is 10.5 Å². The van der Waals surface area contributed by atoms with Gasteiger partial charge >= 0.3 is 6.03 Å². The zero-order valence-corrected chi connectivity index (χ0v) is 18.8. The standard InChI is InChI=1S/C22H28N6O5/c1-26-9-5-8-17(26)21(31)28-12-15(11-18(28)20(30)27(2)13-19(23)29)25-22(32)24-14-6-4-7-16(10-14)33-3/h4-10,15,18H,11-13H2,1-3H3,(H2,23,29)(H2,24,25,32)/t15-,18-/m0/s1. The number of methoxy groups -OCH3 is 1. The summed E-state index contributed by atoms with van der Waals surface area (Å²) in [4.78, 5) is 52.6. The number of carbonyl (C=O) groups is 4. The number of anilines is 1. The molecule has 1 fully saturated rings. The second-order valence-corrected chi connectivity index (χ2v) is 7.90. The second-order valence-electron chi connectivity index (χ2n) is 7.90. The van der Waals surface area contributed by atoms with Gasteiger partial charge in [-0.3, -0.25) is 14.4 Å². The van der Waals surface area contributed by atoms with Crippen LogP contribution in [0.2, 0.25) is 0 Å². The maximum absolute atomic E-state index is 13.2. The number of nitrogens with zero attached hydrogens (tertiary/aromatic N) is 3. The molecule has 0 aliphatic carbocycles. The summed E-state index contributed by atoms with van der Waals surface area (Å²) in [5.74, 6) is -0.827. The Bertz CT molecular complexity index is 1050. The number of likely N-dealkylation sites (N-methyl/N-ethyl adjacent to an activating group) is 1. The zero-order valence-electron chi connectivity index (χ0n) is 18.8. The molecule has 11 heteroatoms. The molecule has 3 rings (SSSR count). The van der Waals surface area contributed by atoms with Crippen molar-refractivity contribution in [3.63, 3.8) is 0 Å².